The fourth-order valence-corrected chi connectivity index (χ4v) is 2.85. The first-order valence-corrected chi connectivity index (χ1v) is 8.02. The van der Waals surface area contributed by atoms with Crippen molar-refractivity contribution in [1.29, 1.82) is 0 Å². The van der Waals surface area contributed by atoms with Crippen molar-refractivity contribution in [2.75, 3.05) is 0 Å². The predicted octanol–water partition coefficient (Wildman–Crippen LogP) is 4.61. The molecular weight excluding hydrogens is 340 g/mol. The monoisotopic (exact) mass is 354 g/mol. The van der Waals surface area contributed by atoms with Crippen molar-refractivity contribution in [3.05, 3.63) is 86.6 Å². The highest BCUT2D eigenvalue weighted by Gasteiger charge is 2.13. The molecule has 0 bridgehead atoms. The van der Waals surface area contributed by atoms with Crippen LogP contribution in [0, 0.1) is 4.91 Å². The van der Waals surface area contributed by atoms with Gasteiger partial charge in [0.2, 0.25) is 5.43 Å². The van der Waals surface area contributed by atoms with Crippen LogP contribution in [-0.2, 0) is 0 Å². The second kappa shape index (κ2) is 7.01. The molecule has 25 heavy (non-hydrogen) atoms. The average Bonchev–Trinajstić information content (AvgIpc) is 2.61. The van der Waals surface area contributed by atoms with Gasteiger partial charge in [0.1, 0.15) is 0 Å². The van der Waals surface area contributed by atoms with Crippen LogP contribution in [0.2, 0.25) is 5.02 Å². The number of hydrogen-bond donors (Lipinski definition) is 1. The largest absolute Gasteiger partial charge is 0.387 e. The molecule has 3 rings (SSSR count). The highest BCUT2D eigenvalue weighted by atomic mass is 35.5. The number of benzene rings is 2. The number of rotatable bonds is 4. The van der Waals surface area contributed by atoms with E-state index in [0.29, 0.717) is 16.4 Å². The summed E-state index contributed by atoms with van der Waals surface area (Å²) in [5.74, 6) is 0. The third-order valence-electron chi connectivity index (χ3n) is 3.87. The predicted molar refractivity (Wildman–Crippen MR) is 98.6 cm³/mol. The Balaban J connectivity index is 2.19. The lowest BCUT2D eigenvalue weighted by atomic mass is 10.0. The Morgan fingerprint density at radius 2 is 1.76 bits per heavy atom. The van der Waals surface area contributed by atoms with Gasteiger partial charge in [-0.2, -0.15) is 0 Å². The Labute approximate surface area is 149 Å². The van der Waals surface area contributed by atoms with Crippen LogP contribution in [0.5, 0.6) is 0 Å². The molecule has 1 atom stereocenters. The first-order valence-electron chi connectivity index (χ1n) is 7.64. The Morgan fingerprint density at radius 1 is 1.08 bits per heavy atom. The molecule has 0 spiro atoms. The van der Waals surface area contributed by atoms with E-state index in [0.717, 1.165) is 11.1 Å². The van der Waals surface area contributed by atoms with Gasteiger partial charge in [-0.3, -0.25) is 4.79 Å². The summed E-state index contributed by atoms with van der Waals surface area (Å²) < 4.78 is 1.59. The lowest BCUT2D eigenvalue weighted by Gasteiger charge is -2.16. The lowest BCUT2D eigenvalue weighted by molar-refractivity contribution is 0.191. The minimum Gasteiger partial charge on any atom is -0.387 e. The van der Waals surface area contributed by atoms with Crippen molar-refractivity contribution in [1.82, 2.24) is 4.57 Å². The molecule has 0 aliphatic rings. The van der Waals surface area contributed by atoms with Crippen LogP contribution in [0.15, 0.2) is 70.8 Å². The molecule has 0 fully saturated rings. The molecule has 6 heteroatoms. The zero-order valence-electron chi connectivity index (χ0n) is 13.4. The van der Waals surface area contributed by atoms with E-state index in [9.17, 15) is 14.8 Å². The van der Waals surface area contributed by atoms with Crippen LogP contribution < -0.4 is 5.43 Å². The zero-order valence-corrected chi connectivity index (χ0v) is 14.1. The molecular formula is C19H15ClN2O3. The fraction of sp³-hybridized carbons (Fsp3) is 0.105. The van der Waals surface area contributed by atoms with Crippen molar-refractivity contribution in [3.8, 4) is 16.8 Å². The molecule has 5 nitrogen and oxygen atoms in total. The molecule has 2 aromatic carbocycles. The molecule has 0 saturated carbocycles. The first-order chi connectivity index (χ1) is 12.0. The second-order valence-electron chi connectivity index (χ2n) is 5.65. The minimum atomic E-state index is -0.886. The summed E-state index contributed by atoms with van der Waals surface area (Å²) in [4.78, 5) is 22.7. The summed E-state index contributed by atoms with van der Waals surface area (Å²) in [6.07, 6.45) is 0.456. The average molecular weight is 355 g/mol. The minimum absolute atomic E-state index is 0.211. The number of nitrogens with zero attached hydrogens (tertiary/aromatic N) is 2. The molecule has 126 valence electrons. The second-order valence-corrected chi connectivity index (χ2v) is 6.08. The van der Waals surface area contributed by atoms with Gasteiger partial charge in [-0.05, 0) is 47.5 Å². The summed E-state index contributed by atoms with van der Waals surface area (Å²) in [5.41, 5.74) is 2.18. The van der Waals surface area contributed by atoms with Crippen LogP contribution in [0.25, 0.3) is 16.8 Å². The maximum atomic E-state index is 11.9. The molecule has 1 heterocycles. The molecule has 3 aromatic rings. The van der Waals surface area contributed by atoms with E-state index >= 15 is 0 Å². The summed E-state index contributed by atoms with van der Waals surface area (Å²) in [5, 5.41) is 13.4. The summed E-state index contributed by atoms with van der Waals surface area (Å²) in [6.45, 7) is 1.56. The first kappa shape index (κ1) is 17.1. The lowest BCUT2D eigenvalue weighted by Crippen LogP contribution is -2.13. The number of aromatic nitrogens is 1. The molecule has 0 radical (unpaired) electrons. The highest BCUT2D eigenvalue weighted by Crippen LogP contribution is 2.26. The number of halogens is 1. The van der Waals surface area contributed by atoms with Gasteiger partial charge >= 0.3 is 0 Å². The van der Waals surface area contributed by atoms with Crippen LogP contribution in [0.4, 0.5) is 5.69 Å². The number of nitroso groups, excluding NO2 is 1. The Bertz CT molecular complexity index is 996. The number of aliphatic hydroxyl groups is 1. The van der Waals surface area contributed by atoms with Crippen molar-refractivity contribution in [2.24, 2.45) is 5.18 Å². The summed E-state index contributed by atoms with van der Waals surface area (Å²) in [7, 11) is 0. The SMILES string of the molecule is CC(O)c1cc(=O)c(N=O)cn1-c1cccc(-c2cccc(Cl)c2)c1. The topological polar surface area (TPSA) is 71.7 Å². The molecule has 1 unspecified atom stereocenters. The van der Waals surface area contributed by atoms with E-state index in [1.807, 2.05) is 42.5 Å². The summed E-state index contributed by atoms with van der Waals surface area (Å²) >= 11 is 6.06. The van der Waals surface area contributed by atoms with E-state index in [2.05, 4.69) is 5.18 Å². The number of pyridine rings is 1. The van der Waals surface area contributed by atoms with Crippen molar-refractivity contribution in [2.45, 2.75) is 13.0 Å². The van der Waals surface area contributed by atoms with Gasteiger partial charge in [-0.15, -0.1) is 4.91 Å². The normalized spacial score (nSPS) is 12.0. The summed E-state index contributed by atoms with van der Waals surface area (Å²) in [6, 6.07) is 16.2. The third-order valence-corrected chi connectivity index (χ3v) is 4.10. The smallest absolute Gasteiger partial charge is 0.211 e. The molecule has 0 aliphatic heterocycles. The van der Waals surface area contributed by atoms with Gasteiger partial charge in [0, 0.05) is 23.0 Å². The van der Waals surface area contributed by atoms with Crippen LogP contribution in [0.1, 0.15) is 18.7 Å². The number of hydrogen-bond acceptors (Lipinski definition) is 4. The van der Waals surface area contributed by atoms with Crippen LogP contribution >= 0.6 is 11.6 Å². The Hall–Kier alpha value is -2.76. The Morgan fingerprint density at radius 3 is 2.40 bits per heavy atom. The molecule has 0 amide bonds. The van der Waals surface area contributed by atoms with Crippen molar-refractivity contribution >= 4 is 17.3 Å². The van der Waals surface area contributed by atoms with Gasteiger partial charge in [0.25, 0.3) is 0 Å². The van der Waals surface area contributed by atoms with Gasteiger partial charge in [0.05, 0.1) is 11.8 Å². The maximum absolute atomic E-state index is 11.9. The molecule has 0 aliphatic carbocycles. The van der Waals surface area contributed by atoms with Crippen LogP contribution in [-0.4, -0.2) is 9.67 Å². The molecule has 0 saturated heterocycles. The third kappa shape index (κ3) is 3.52. The van der Waals surface area contributed by atoms with Crippen molar-refractivity contribution < 1.29 is 5.11 Å². The van der Waals surface area contributed by atoms with Gasteiger partial charge < -0.3 is 9.67 Å². The van der Waals surface area contributed by atoms with E-state index in [4.69, 9.17) is 11.6 Å². The zero-order chi connectivity index (χ0) is 18.0. The quantitative estimate of drug-likeness (QED) is 0.695. The van der Waals surface area contributed by atoms with E-state index in [1.54, 1.807) is 17.6 Å². The fourth-order valence-electron chi connectivity index (χ4n) is 2.66. The van der Waals surface area contributed by atoms with Crippen molar-refractivity contribution in [3.63, 3.8) is 0 Å². The van der Waals surface area contributed by atoms with Gasteiger partial charge in [0.15, 0.2) is 5.69 Å². The number of aliphatic hydroxyl groups excluding tert-OH is 1. The van der Waals surface area contributed by atoms with Gasteiger partial charge in [-0.1, -0.05) is 35.9 Å². The van der Waals surface area contributed by atoms with E-state index in [1.165, 1.54) is 12.3 Å². The van der Waals surface area contributed by atoms with E-state index in [-0.39, 0.29) is 5.69 Å². The molecule has 1 N–H and O–H groups in total. The van der Waals surface area contributed by atoms with E-state index < -0.39 is 11.5 Å². The maximum Gasteiger partial charge on any atom is 0.211 e. The molecule has 1 aromatic heterocycles. The van der Waals surface area contributed by atoms with Gasteiger partial charge in [-0.25, -0.2) is 0 Å². The highest BCUT2D eigenvalue weighted by molar-refractivity contribution is 6.30. The standard InChI is InChI=1S/C19H15ClN2O3/c1-12(23)18-10-19(24)17(21-25)11-22(18)16-7-3-5-14(9-16)13-4-2-6-15(20)8-13/h2-12,23H,1H3. The Kier molecular flexibility index (Phi) is 4.79. The van der Waals surface area contributed by atoms with Crippen LogP contribution in [0.3, 0.4) is 0 Å².